The van der Waals surface area contributed by atoms with Gasteiger partial charge in [-0.05, 0) is 36.6 Å². The zero-order chi connectivity index (χ0) is 23.2. The van der Waals surface area contributed by atoms with Gasteiger partial charge in [0, 0.05) is 44.3 Å². The summed E-state index contributed by atoms with van der Waals surface area (Å²) < 4.78 is 18.1. The number of hydrogen-bond acceptors (Lipinski definition) is 4. The number of aryl methyl sites for hydroxylation is 1. The molecule has 3 aromatic rings. The van der Waals surface area contributed by atoms with Gasteiger partial charge in [0.25, 0.3) is 5.56 Å². The van der Waals surface area contributed by atoms with Gasteiger partial charge < -0.3 is 19.9 Å². The monoisotopic (exact) mass is 463 g/mol. The Bertz CT molecular complexity index is 1330. The van der Waals surface area contributed by atoms with E-state index in [0.29, 0.717) is 46.9 Å². The molecule has 1 atom stereocenters. The van der Waals surface area contributed by atoms with Gasteiger partial charge in [0.15, 0.2) is 0 Å². The van der Waals surface area contributed by atoms with Crippen molar-refractivity contribution in [2.45, 2.75) is 25.4 Å². The van der Waals surface area contributed by atoms with Crippen molar-refractivity contribution in [3.8, 4) is 0 Å². The van der Waals surface area contributed by atoms with Gasteiger partial charge in [0.1, 0.15) is 17.2 Å². The fourth-order valence-electron chi connectivity index (χ4n) is 4.31. The number of carboxylic acid groups (broad SMARTS) is 1. The summed E-state index contributed by atoms with van der Waals surface area (Å²) in [5.74, 6) is 0.182. The Kier molecular flexibility index (Phi) is 5.72. The van der Waals surface area contributed by atoms with Crippen LogP contribution in [0, 0.1) is 5.82 Å². The highest BCUT2D eigenvalue weighted by atomic mass is 35.5. The van der Waals surface area contributed by atoms with E-state index in [-0.39, 0.29) is 12.6 Å². The lowest BCUT2D eigenvalue weighted by atomic mass is 10.1. The average molecular weight is 464 g/mol. The highest BCUT2D eigenvalue weighted by molar-refractivity contribution is 6.31. The van der Waals surface area contributed by atoms with Gasteiger partial charge >= 0.3 is 11.8 Å². The first-order valence-electron chi connectivity index (χ1n) is 10.1. The third-order valence-corrected chi connectivity index (χ3v) is 6.28. The predicted octanol–water partition coefficient (Wildman–Crippen LogP) is 2.12. The maximum atomic E-state index is 13.9. The largest absolute Gasteiger partial charge is 0.465 e. The molecule has 0 spiro atoms. The van der Waals surface area contributed by atoms with Gasteiger partial charge in [-0.3, -0.25) is 13.9 Å². The molecule has 2 aromatic heterocycles. The van der Waals surface area contributed by atoms with Crippen LogP contribution in [0.4, 0.5) is 15.0 Å². The van der Waals surface area contributed by atoms with Crippen LogP contribution in [0.2, 0.25) is 5.02 Å². The number of halogens is 2. The number of fused-ring (bicyclic) bond motifs is 1. The fourth-order valence-corrected chi connectivity index (χ4v) is 4.49. The van der Waals surface area contributed by atoms with E-state index < -0.39 is 23.2 Å². The van der Waals surface area contributed by atoms with Crippen LogP contribution in [0.15, 0.2) is 33.9 Å². The second-order valence-corrected chi connectivity index (χ2v) is 8.41. The number of nitrogens with zero attached hydrogens (tertiary/aromatic N) is 4. The van der Waals surface area contributed by atoms with Crippen LogP contribution in [0.3, 0.4) is 0 Å². The molecule has 4 rings (SSSR count). The van der Waals surface area contributed by atoms with Crippen molar-refractivity contribution in [2.75, 3.05) is 18.0 Å². The summed E-state index contributed by atoms with van der Waals surface area (Å²) >= 11 is 6.30. The van der Waals surface area contributed by atoms with E-state index in [9.17, 15) is 18.8 Å². The highest BCUT2D eigenvalue weighted by Crippen LogP contribution is 2.29. The Morgan fingerprint density at radius 2 is 2.00 bits per heavy atom. The van der Waals surface area contributed by atoms with Crippen molar-refractivity contribution in [3.05, 3.63) is 61.5 Å². The summed E-state index contributed by atoms with van der Waals surface area (Å²) in [6.07, 6.45) is 0.337. The number of anilines is 1. The highest BCUT2D eigenvalue weighted by Gasteiger charge is 2.26. The van der Waals surface area contributed by atoms with Crippen molar-refractivity contribution in [3.63, 3.8) is 0 Å². The SMILES string of the molecule is Cn1c(=O)c2c(cc(N3CCC[C@@H](NC(=O)O)C3)n2Cc2cc(F)ccc2Cl)n(C)c1=O. The van der Waals surface area contributed by atoms with E-state index in [1.165, 1.54) is 29.8 Å². The minimum atomic E-state index is -1.10. The van der Waals surface area contributed by atoms with Gasteiger partial charge in [-0.25, -0.2) is 14.0 Å². The zero-order valence-corrected chi connectivity index (χ0v) is 18.4. The number of benzene rings is 1. The lowest BCUT2D eigenvalue weighted by Crippen LogP contribution is -2.48. The first-order valence-corrected chi connectivity index (χ1v) is 10.5. The predicted molar refractivity (Wildman–Crippen MR) is 119 cm³/mol. The summed E-state index contributed by atoms with van der Waals surface area (Å²) in [6.45, 7) is 1.14. The lowest BCUT2D eigenvalue weighted by Gasteiger charge is -2.34. The number of hydrogen-bond donors (Lipinski definition) is 2. The number of carbonyl (C=O) groups is 1. The normalized spacial score (nSPS) is 16.5. The van der Waals surface area contributed by atoms with E-state index in [2.05, 4.69) is 5.32 Å². The molecule has 2 N–H and O–H groups in total. The fraction of sp³-hybridized carbons (Fsp3) is 0.381. The van der Waals surface area contributed by atoms with E-state index in [0.717, 1.165) is 11.0 Å². The summed E-state index contributed by atoms with van der Waals surface area (Å²) in [5, 5.41) is 12.0. The van der Waals surface area contributed by atoms with Crippen LogP contribution in [0.5, 0.6) is 0 Å². The van der Waals surface area contributed by atoms with Gasteiger partial charge in [-0.1, -0.05) is 11.6 Å². The Morgan fingerprint density at radius 1 is 1.25 bits per heavy atom. The van der Waals surface area contributed by atoms with Crippen molar-refractivity contribution >= 4 is 34.5 Å². The quantitative estimate of drug-likeness (QED) is 0.617. The number of aromatic nitrogens is 3. The van der Waals surface area contributed by atoms with Crippen LogP contribution in [0.1, 0.15) is 18.4 Å². The van der Waals surface area contributed by atoms with E-state index in [4.69, 9.17) is 16.7 Å². The third kappa shape index (κ3) is 3.86. The first-order chi connectivity index (χ1) is 15.2. The van der Waals surface area contributed by atoms with Gasteiger partial charge in [-0.2, -0.15) is 0 Å². The topological polar surface area (TPSA) is 102 Å². The van der Waals surface area contributed by atoms with E-state index in [1.54, 1.807) is 17.7 Å². The molecule has 0 aliphatic carbocycles. The van der Waals surface area contributed by atoms with Crippen LogP contribution >= 0.6 is 11.6 Å². The summed E-state index contributed by atoms with van der Waals surface area (Å²) in [4.78, 5) is 38.7. The minimum absolute atomic E-state index is 0.108. The molecule has 0 unspecified atom stereocenters. The third-order valence-electron chi connectivity index (χ3n) is 5.91. The Hall–Kier alpha value is -3.27. The second-order valence-electron chi connectivity index (χ2n) is 8.00. The van der Waals surface area contributed by atoms with Gasteiger partial charge in [-0.15, -0.1) is 0 Å². The minimum Gasteiger partial charge on any atom is -0.465 e. The molecule has 1 aromatic carbocycles. The number of amides is 1. The van der Waals surface area contributed by atoms with Crippen LogP contribution in [-0.4, -0.2) is 44.0 Å². The molecule has 0 bridgehead atoms. The molecule has 11 heteroatoms. The number of nitrogens with one attached hydrogen (secondary N) is 1. The Morgan fingerprint density at radius 3 is 2.72 bits per heavy atom. The molecular formula is C21H23ClFN5O4. The van der Waals surface area contributed by atoms with Gasteiger partial charge in [0.05, 0.1) is 12.1 Å². The lowest BCUT2D eigenvalue weighted by molar-refractivity contribution is 0.188. The molecule has 1 amide bonds. The summed E-state index contributed by atoms with van der Waals surface area (Å²) in [7, 11) is 2.99. The standard InChI is InChI=1S/C21H23ClFN5O4/c1-25-16-9-17(27-7-3-4-14(11-27)24-20(30)31)28(18(16)19(29)26(2)21(25)32)10-12-8-13(23)5-6-15(12)22/h5-6,8-9,14,24H,3-4,7,10-11H2,1-2H3,(H,30,31)/t14-/m1/s1. The van der Waals surface area contributed by atoms with Crippen molar-refractivity contribution in [2.24, 2.45) is 14.1 Å². The molecule has 170 valence electrons. The Balaban J connectivity index is 1.91. The number of piperidine rings is 1. The molecular weight excluding hydrogens is 441 g/mol. The average Bonchev–Trinajstić information content (AvgIpc) is 3.12. The van der Waals surface area contributed by atoms with Crippen molar-refractivity contribution in [1.29, 1.82) is 0 Å². The van der Waals surface area contributed by atoms with E-state index >= 15 is 0 Å². The second kappa shape index (κ2) is 8.34. The number of rotatable bonds is 4. The Labute approximate surface area is 187 Å². The first kappa shape index (κ1) is 21.9. The van der Waals surface area contributed by atoms with Crippen molar-refractivity contribution in [1.82, 2.24) is 19.0 Å². The molecule has 1 aliphatic heterocycles. The van der Waals surface area contributed by atoms with Crippen LogP contribution in [0.25, 0.3) is 11.0 Å². The summed E-state index contributed by atoms with van der Waals surface area (Å²) in [6, 6.07) is 5.50. The molecule has 0 radical (unpaired) electrons. The maximum Gasteiger partial charge on any atom is 0.404 e. The maximum absolute atomic E-state index is 13.9. The molecule has 1 fully saturated rings. The molecule has 1 saturated heterocycles. The molecule has 1 aliphatic rings. The summed E-state index contributed by atoms with van der Waals surface area (Å²) in [5.41, 5.74) is 0.281. The van der Waals surface area contributed by atoms with Gasteiger partial charge in [0.2, 0.25) is 0 Å². The zero-order valence-electron chi connectivity index (χ0n) is 17.6. The van der Waals surface area contributed by atoms with Crippen molar-refractivity contribution < 1.29 is 14.3 Å². The molecule has 0 saturated carbocycles. The van der Waals surface area contributed by atoms with Crippen LogP contribution < -0.4 is 21.5 Å². The van der Waals surface area contributed by atoms with E-state index in [1.807, 2.05) is 4.90 Å². The molecule has 32 heavy (non-hydrogen) atoms. The smallest absolute Gasteiger partial charge is 0.404 e. The molecule has 3 heterocycles. The molecule has 9 nitrogen and oxygen atoms in total. The van der Waals surface area contributed by atoms with Crippen LogP contribution in [-0.2, 0) is 20.6 Å².